The van der Waals surface area contributed by atoms with Crippen molar-refractivity contribution in [3.8, 4) is 0 Å². The maximum atomic E-state index is 13.6. The molecule has 0 bridgehead atoms. The predicted molar refractivity (Wildman–Crippen MR) is 131 cm³/mol. The van der Waals surface area contributed by atoms with Gasteiger partial charge in [-0.2, -0.15) is 0 Å². The van der Waals surface area contributed by atoms with Crippen molar-refractivity contribution in [2.24, 2.45) is 5.41 Å². The van der Waals surface area contributed by atoms with Gasteiger partial charge in [0.05, 0.1) is 10.5 Å². The van der Waals surface area contributed by atoms with Crippen LogP contribution in [0.15, 0.2) is 60.7 Å². The van der Waals surface area contributed by atoms with Crippen LogP contribution in [0.25, 0.3) is 10.8 Å². The lowest BCUT2D eigenvalue weighted by Gasteiger charge is -2.31. The number of thioether (sulfide) groups is 1. The molecule has 0 saturated heterocycles. The highest BCUT2D eigenvalue weighted by Crippen LogP contribution is 2.48. The number of hydrogen-bond acceptors (Lipinski definition) is 3. The molecule has 3 nitrogen and oxygen atoms in total. The van der Waals surface area contributed by atoms with Gasteiger partial charge >= 0.3 is 0 Å². The monoisotopic (exact) mass is 431 g/mol. The fourth-order valence-corrected chi connectivity index (χ4v) is 5.77. The van der Waals surface area contributed by atoms with Crippen LogP contribution in [0.5, 0.6) is 0 Å². The number of carbonyl (C=O) groups excluding carboxylic acids is 2. The van der Waals surface area contributed by atoms with Crippen molar-refractivity contribution in [3.63, 3.8) is 0 Å². The van der Waals surface area contributed by atoms with Crippen molar-refractivity contribution in [2.45, 2.75) is 44.6 Å². The summed E-state index contributed by atoms with van der Waals surface area (Å²) in [6.45, 7) is 9.13. The maximum absolute atomic E-state index is 13.6. The van der Waals surface area contributed by atoms with E-state index in [-0.39, 0.29) is 23.0 Å². The molecule has 0 radical (unpaired) electrons. The Kier molecular flexibility index (Phi) is 5.94. The Morgan fingerprint density at radius 2 is 1.74 bits per heavy atom. The Bertz CT molecular complexity index is 1130. The van der Waals surface area contributed by atoms with Crippen LogP contribution >= 0.6 is 11.8 Å². The third-order valence-electron chi connectivity index (χ3n) is 5.65. The van der Waals surface area contributed by atoms with E-state index >= 15 is 0 Å². The Hall–Kier alpha value is -2.59. The molecule has 31 heavy (non-hydrogen) atoms. The highest BCUT2D eigenvalue weighted by atomic mass is 32.2. The van der Waals surface area contributed by atoms with E-state index in [0.29, 0.717) is 6.54 Å². The number of rotatable bonds is 4. The molecule has 0 aromatic heterocycles. The SMILES string of the molecule is Cc1ccc2c(c1)[C@H](c1cccc3ccccc13)S[C@@H](CC=O)C(=O)N2CC(C)(C)C. The topological polar surface area (TPSA) is 37.4 Å². The van der Waals surface area contributed by atoms with Crippen LogP contribution in [0.4, 0.5) is 5.69 Å². The highest BCUT2D eigenvalue weighted by molar-refractivity contribution is 8.01. The predicted octanol–water partition coefficient (Wildman–Crippen LogP) is 6.32. The molecular formula is C27H29NO2S. The first-order valence-electron chi connectivity index (χ1n) is 10.8. The van der Waals surface area contributed by atoms with E-state index in [9.17, 15) is 9.59 Å². The summed E-state index contributed by atoms with van der Waals surface area (Å²) < 4.78 is 0. The fraction of sp³-hybridized carbons (Fsp3) is 0.333. The van der Waals surface area contributed by atoms with Crippen LogP contribution in [0.2, 0.25) is 0 Å². The summed E-state index contributed by atoms with van der Waals surface area (Å²) in [5.74, 6) is 0.0277. The third-order valence-corrected chi connectivity index (χ3v) is 7.15. The zero-order chi connectivity index (χ0) is 22.2. The molecule has 3 aromatic rings. The van der Waals surface area contributed by atoms with Gasteiger partial charge in [0.1, 0.15) is 6.29 Å². The van der Waals surface area contributed by atoms with Crippen molar-refractivity contribution < 1.29 is 9.59 Å². The second-order valence-corrected chi connectivity index (χ2v) is 10.8. The smallest absolute Gasteiger partial charge is 0.240 e. The van der Waals surface area contributed by atoms with Crippen LogP contribution < -0.4 is 4.90 Å². The minimum Gasteiger partial charge on any atom is -0.311 e. The minimum absolute atomic E-state index is 0.0277. The molecule has 0 unspecified atom stereocenters. The van der Waals surface area contributed by atoms with E-state index in [2.05, 4.69) is 82.3 Å². The number of aryl methyl sites for hydroxylation is 1. The van der Waals surface area contributed by atoms with Crippen LogP contribution in [-0.2, 0) is 9.59 Å². The molecule has 1 aliphatic rings. The zero-order valence-corrected chi connectivity index (χ0v) is 19.4. The second kappa shape index (κ2) is 8.51. The van der Waals surface area contributed by atoms with E-state index in [1.165, 1.54) is 21.9 Å². The number of aldehydes is 1. The van der Waals surface area contributed by atoms with Crippen molar-refractivity contribution in [3.05, 3.63) is 77.4 Å². The maximum Gasteiger partial charge on any atom is 0.240 e. The molecule has 4 rings (SSSR count). The highest BCUT2D eigenvalue weighted by Gasteiger charge is 2.37. The average molecular weight is 432 g/mol. The summed E-state index contributed by atoms with van der Waals surface area (Å²) in [4.78, 5) is 27.1. The summed E-state index contributed by atoms with van der Waals surface area (Å²) in [6, 6.07) is 21.1. The molecule has 3 aromatic carbocycles. The van der Waals surface area contributed by atoms with Gasteiger partial charge in [0, 0.05) is 18.7 Å². The fourth-order valence-electron chi connectivity index (χ4n) is 4.32. The summed E-state index contributed by atoms with van der Waals surface area (Å²) in [6.07, 6.45) is 1.10. The number of benzene rings is 3. The summed E-state index contributed by atoms with van der Waals surface area (Å²) in [5.41, 5.74) is 4.41. The Morgan fingerprint density at radius 1 is 1.00 bits per heavy atom. The molecule has 0 N–H and O–H groups in total. The van der Waals surface area contributed by atoms with Gasteiger partial charge in [-0.3, -0.25) is 4.79 Å². The number of amides is 1. The van der Waals surface area contributed by atoms with Crippen molar-refractivity contribution in [2.75, 3.05) is 11.4 Å². The molecule has 1 aliphatic heterocycles. The first-order chi connectivity index (χ1) is 14.8. The van der Waals surface area contributed by atoms with Gasteiger partial charge in [-0.1, -0.05) is 80.9 Å². The van der Waals surface area contributed by atoms with Crippen molar-refractivity contribution >= 4 is 40.4 Å². The van der Waals surface area contributed by atoms with E-state index in [1.54, 1.807) is 11.8 Å². The van der Waals surface area contributed by atoms with Crippen LogP contribution in [0.1, 0.15) is 49.1 Å². The van der Waals surface area contributed by atoms with Gasteiger partial charge in [-0.15, -0.1) is 11.8 Å². The van der Waals surface area contributed by atoms with Crippen LogP contribution in [-0.4, -0.2) is 24.0 Å². The zero-order valence-electron chi connectivity index (χ0n) is 18.6. The lowest BCUT2D eigenvalue weighted by Crippen LogP contribution is -2.42. The summed E-state index contributed by atoms with van der Waals surface area (Å²) in [7, 11) is 0. The van der Waals surface area contributed by atoms with Crippen molar-refractivity contribution in [1.82, 2.24) is 0 Å². The van der Waals surface area contributed by atoms with E-state index in [4.69, 9.17) is 0 Å². The minimum atomic E-state index is -0.406. The van der Waals surface area contributed by atoms with E-state index in [1.807, 2.05) is 11.0 Å². The van der Waals surface area contributed by atoms with Crippen LogP contribution in [0.3, 0.4) is 0 Å². The van der Waals surface area contributed by atoms with Gasteiger partial charge in [-0.05, 0) is 40.3 Å². The van der Waals surface area contributed by atoms with E-state index in [0.717, 1.165) is 17.5 Å². The number of hydrogen-bond donors (Lipinski definition) is 0. The molecule has 0 fully saturated rings. The molecule has 1 amide bonds. The van der Waals surface area contributed by atoms with Gasteiger partial charge in [0.25, 0.3) is 0 Å². The van der Waals surface area contributed by atoms with Gasteiger partial charge in [0.15, 0.2) is 0 Å². The van der Waals surface area contributed by atoms with Gasteiger partial charge in [-0.25, -0.2) is 0 Å². The van der Waals surface area contributed by atoms with Crippen LogP contribution in [0, 0.1) is 12.3 Å². The first kappa shape index (κ1) is 21.6. The lowest BCUT2D eigenvalue weighted by molar-refractivity contribution is -0.120. The largest absolute Gasteiger partial charge is 0.311 e. The average Bonchev–Trinajstić information content (AvgIpc) is 2.83. The normalized spacial score (nSPS) is 19.2. The Balaban J connectivity index is 1.96. The number of fused-ring (bicyclic) bond motifs is 2. The summed E-state index contributed by atoms with van der Waals surface area (Å²) >= 11 is 1.61. The third kappa shape index (κ3) is 4.40. The number of anilines is 1. The van der Waals surface area contributed by atoms with E-state index < -0.39 is 5.25 Å². The quantitative estimate of drug-likeness (QED) is 0.454. The molecule has 1 heterocycles. The molecule has 0 saturated carbocycles. The first-order valence-corrected chi connectivity index (χ1v) is 11.7. The molecule has 0 aliphatic carbocycles. The molecule has 160 valence electrons. The number of nitrogens with zero attached hydrogens (tertiary/aromatic N) is 1. The Labute approximate surface area is 188 Å². The summed E-state index contributed by atoms with van der Waals surface area (Å²) in [5, 5.41) is 1.94. The van der Waals surface area contributed by atoms with Crippen molar-refractivity contribution in [1.29, 1.82) is 0 Å². The standard InChI is InChI=1S/C27H29NO2S/c1-18-12-13-23-22(16-18)25(21-11-7-9-19-8-5-6-10-20(19)21)31-24(14-15-29)26(30)28(23)17-27(2,3)4/h5-13,15-16,24-25H,14,17H2,1-4H3/t24-,25-/m0/s1. The molecule has 4 heteroatoms. The molecule has 2 atom stereocenters. The molecular weight excluding hydrogens is 402 g/mol. The molecule has 0 spiro atoms. The lowest BCUT2D eigenvalue weighted by atomic mass is 9.93. The Morgan fingerprint density at radius 3 is 2.48 bits per heavy atom. The van der Waals surface area contributed by atoms with Gasteiger partial charge in [0.2, 0.25) is 5.91 Å². The van der Waals surface area contributed by atoms with Gasteiger partial charge < -0.3 is 9.69 Å². The second-order valence-electron chi connectivity index (χ2n) is 9.52. The number of carbonyl (C=O) groups is 2.